The maximum absolute atomic E-state index is 2.46. The molecule has 1 fully saturated rings. The molecule has 1 aliphatic rings. The molecule has 0 bridgehead atoms. The van der Waals surface area contributed by atoms with Crippen molar-refractivity contribution in [2.75, 3.05) is 0 Å². The van der Waals surface area contributed by atoms with Crippen LogP contribution in [0.3, 0.4) is 0 Å². The predicted octanol–water partition coefficient (Wildman–Crippen LogP) is 7.75. The van der Waals surface area contributed by atoms with Crippen LogP contribution >= 0.6 is 11.3 Å². The van der Waals surface area contributed by atoms with Gasteiger partial charge in [0, 0.05) is 43.5 Å². The summed E-state index contributed by atoms with van der Waals surface area (Å²) in [5, 5.41) is 5.81. The molecule has 3 aromatic carbocycles. The summed E-state index contributed by atoms with van der Waals surface area (Å²) in [6.45, 7) is 0. The van der Waals surface area contributed by atoms with Gasteiger partial charge in [-0.3, -0.25) is 0 Å². The van der Waals surface area contributed by atoms with Gasteiger partial charge in [-0.2, -0.15) is 0 Å². The van der Waals surface area contributed by atoms with Gasteiger partial charge < -0.3 is 4.57 Å². The molecule has 2 heteroatoms. The van der Waals surface area contributed by atoms with Crippen LogP contribution in [0, 0.1) is 0 Å². The van der Waals surface area contributed by atoms with Crippen LogP contribution in [-0.2, 0) is 7.05 Å². The number of nitrogens with zero attached hydrogens (tertiary/aromatic N) is 1. The minimum atomic E-state index is 0.686. The summed E-state index contributed by atoms with van der Waals surface area (Å²) in [7, 11) is 2.26. The second-order valence-electron chi connectivity index (χ2n) is 8.07. The molecule has 134 valence electrons. The maximum atomic E-state index is 2.46. The normalized spacial score (nSPS) is 16.2. The molecule has 0 atom stereocenters. The van der Waals surface area contributed by atoms with Crippen molar-refractivity contribution < 1.29 is 0 Å². The summed E-state index contributed by atoms with van der Waals surface area (Å²) in [6.07, 6.45) is 6.80. The molecule has 6 rings (SSSR count). The van der Waals surface area contributed by atoms with Crippen molar-refractivity contribution in [3.05, 3.63) is 60.2 Å². The first-order chi connectivity index (χ1) is 13.3. The van der Waals surface area contributed by atoms with E-state index in [2.05, 4.69) is 66.2 Å². The molecule has 2 heterocycles. The van der Waals surface area contributed by atoms with E-state index in [9.17, 15) is 0 Å². The van der Waals surface area contributed by atoms with Gasteiger partial charge in [-0.1, -0.05) is 55.7 Å². The van der Waals surface area contributed by atoms with E-state index in [4.69, 9.17) is 0 Å². The number of rotatable bonds is 1. The topological polar surface area (TPSA) is 4.93 Å². The van der Waals surface area contributed by atoms with Gasteiger partial charge in [0.1, 0.15) is 0 Å². The highest BCUT2D eigenvalue weighted by atomic mass is 32.1. The van der Waals surface area contributed by atoms with Crippen LogP contribution in [0.15, 0.2) is 54.6 Å². The Morgan fingerprint density at radius 2 is 1.56 bits per heavy atom. The summed E-state index contributed by atoms with van der Waals surface area (Å²) < 4.78 is 5.34. The van der Waals surface area contributed by atoms with Crippen LogP contribution in [0.25, 0.3) is 42.0 Å². The zero-order valence-electron chi connectivity index (χ0n) is 15.7. The van der Waals surface area contributed by atoms with Gasteiger partial charge in [-0.15, -0.1) is 11.3 Å². The molecule has 0 unspecified atom stereocenters. The lowest BCUT2D eigenvalue weighted by molar-refractivity contribution is 0.447. The summed E-state index contributed by atoms with van der Waals surface area (Å²) in [5.41, 5.74) is 4.45. The number of aryl methyl sites for hydroxylation is 1. The minimum absolute atomic E-state index is 0.686. The SMILES string of the molecule is Cn1c2ccccc2c2cc3sc4ccccc4c3c(C3CCCCC3)c21. The molecule has 1 aliphatic carbocycles. The Hall–Kier alpha value is -2.32. The Morgan fingerprint density at radius 1 is 0.815 bits per heavy atom. The van der Waals surface area contributed by atoms with Crippen LogP contribution in [0.2, 0.25) is 0 Å². The summed E-state index contributed by atoms with van der Waals surface area (Å²) in [5.74, 6) is 0.686. The van der Waals surface area contributed by atoms with Crippen LogP contribution in [0.5, 0.6) is 0 Å². The standard InChI is InChI=1S/C25H23NS/c1-26-20-13-7-5-11-17(20)19-15-22-24(18-12-6-8-14-21(18)27-22)23(25(19)26)16-9-3-2-4-10-16/h5-8,11-16H,2-4,9-10H2,1H3. The zero-order valence-corrected chi connectivity index (χ0v) is 16.5. The lowest BCUT2D eigenvalue weighted by Gasteiger charge is -2.24. The van der Waals surface area contributed by atoms with Gasteiger partial charge in [-0.25, -0.2) is 0 Å². The monoisotopic (exact) mass is 369 g/mol. The molecule has 0 aliphatic heterocycles. The first kappa shape index (κ1) is 15.7. The number of hydrogen-bond acceptors (Lipinski definition) is 1. The molecule has 0 radical (unpaired) electrons. The average molecular weight is 370 g/mol. The lowest BCUT2D eigenvalue weighted by Crippen LogP contribution is -2.07. The second kappa shape index (κ2) is 5.84. The van der Waals surface area contributed by atoms with Gasteiger partial charge >= 0.3 is 0 Å². The maximum Gasteiger partial charge on any atom is 0.0531 e. The number of benzene rings is 3. The largest absolute Gasteiger partial charge is 0.343 e. The highest BCUT2D eigenvalue weighted by Gasteiger charge is 2.25. The quantitative estimate of drug-likeness (QED) is 0.285. The zero-order chi connectivity index (χ0) is 18.0. The van der Waals surface area contributed by atoms with Crippen molar-refractivity contribution in [3.63, 3.8) is 0 Å². The van der Waals surface area contributed by atoms with Crippen LogP contribution in [-0.4, -0.2) is 4.57 Å². The highest BCUT2D eigenvalue weighted by Crippen LogP contribution is 2.47. The van der Waals surface area contributed by atoms with E-state index in [-0.39, 0.29) is 0 Å². The molecule has 0 N–H and O–H groups in total. The molecule has 0 saturated heterocycles. The fourth-order valence-electron chi connectivity index (χ4n) is 5.38. The van der Waals surface area contributed by atoms with Crippen molar-refractivity contribution >= 4 is 53.3 Å². The van der Waals surface area contributed by atoms with Gasteiger partial charge in [0.2, 0.25) is 0 Å². The molecular weight excluding hydrogens is 346 g/mol. The summed E-state index contributed by atoms with van der Waals surface area (Å²) in [6, 6.07) is 20.4. The minimum Gasteiger partial charge on any atom is -0.343 e. The molecule has 5 aromatic rings. The van der Waals surface area contributed by atoms with Crippen molar-refractivity contribution in [2.45, 2.75) is 38.0 Å². The third kappa shape index (κ3) is 2.17. The van der Waals surface area contributed by atoms with Crippen molar-refractivity contribution in [2.24, 2.45) is 7.05 Å². The Morgan fingerprint density at radius 3 is 2.41 bits per heavy atom. The van der Waals surface area contributed by atoms with Gasteiger partial charge in [0.25, 0.3) is 0 Å². The van der Waals surface area contributed by atoms with Gasteiger partial charge in [0.15, 0.2) is 0 Å². The third-order valence-electron chi connectivity index (χ3n) is 6.58. The molecular formula is C25H23NS. The second-order valence-corrected chi connectivity index (χ2v) is 9.15. The van der Waals surface area contributed by atoms with E-state index in [1.54, 1.807) is 5.56 Å². The Balaban J connectivity index is 1.86. The number of hydrogen-bond donors (Lipinski definition) is 0. The van der Waals surface area contributed by atoms with Crippen molar-refractivity contribution in [1.29, 1.82) is 0 Å². The van der Waals surface area contributed by atoms with E-state index in [0.717, 1.165) is 0 Å². The summed E-state index contributed by atoms with van der Waals surface area (Å²) >= 11 is 1.96. The van der Waals surface area contributed by atoms with E-state index in [1.807, 2.05) is 11.3 Å². The smallest absolute Gasteiger partial charge is 0.0531 e. The molecule has 2 aromatic heterocycles. The van der Waals surface area contributed by atoms with E-state index >= 15 is 0 Å². The van der Waals surface area contributed by atoms with Crippen molar-refractivity contribution in [3.8, 4) is 0 Å². The third-order valence-corrected chi connectivity index (χ3v) is 7.70. The highest BCUT2D eigenvalue weighted by molar-refractivity contribution is 7.26. The van der Waals surface area contributed by atoms with Crippen LogP contribution < -0.4 is 0 Å². The Labute approximate surface area is 163 Å². The fraction of sp³-hybridized carbons (Fsp3) is 0.280. The number of para-hydroxylation sites is 1. The van der Waals surface area contributed by atoms with E-state index in [1.165, 1.54) is 74.1 Å². The van der Waals surface area contributed by atoms with Gasteiger partial charge in [-0.05, 0) is 42.5 Å². The molecule has 0 amide bonds. The molecule has 27 heavy (non-hydrogen) atoms. The van der Waals surface area contributed by atoms with Crippen molar-refractivity contribution in [1.82, 2.24) is 4.57 Å². The predicted molar refractivity (Wildman–Crippen MR) is 119 cm³/mol. The summed E-state index contributed by atoms with van der Waals surface area (Å²) in [4.78, 5) is 0. The Bertz CT molecular complexity index is 1310. The number of thiophene rings is 1. The van der Waals surface area contributed by atoms with Gasteiger partial charge in [0.05, 0.1) is 5.52 Å². The number of aromatic nitrogens is 1. The first-order valence-electron chi connectivity index (χ1n) is 10.1. The fourth-order valence-corrected chi connectivity index (χ4v) is 6.54. The Kier molecular flexibility index (Phi) is 3.40. The molecule has 0 spiro atoms. The van der Waals surface area contributed by atoms with E-state index in [0.29, 0.717) is 5.92 Å². The number of fused-ring (bicyclic) bond motifs is 6. The lowest BCUT2D eigenvalue weighted by atomic mass is 9.81. The average Bonchev–Trinajstić information content (AvgIpc) is 3.23. The molecule has 1 saturated carbocycles. The molecule has 1 nitrogen and oxygen atoms in total. The first-order valence-corrected chi connectivity index (χ1v) is 11.0. The van der Waals surface area contributed by atoms with E-state index < -0.39 is 0 Å². The van der Waals surface area contributed by atoms with Crippen LogP contribution in [0.4, 0.5) is 0 Å². The van der Waals surface area contributed by atoms with Crippen LogP contribution in [0.1, 0.15) is 43.6 Å².